The van der Waals surface area contributed by atoms with E-state index >= 15 is 0 Å². The van der Waals surface area contributed by atoms with E-state index in [-0.39, 0.29) is 24.9 Å². The molecule has 0 radical (unpaired) electrons. The number of nitrogens with zero attached hydrogens (tertiary/aromatic N) is 1. The van der Waals surface area contributed by atoms with Gasteiger partial charge in [-0.15, -0.1) is 0 Å². The van der Waals surface area contributed by atoms with E-state index < -0.39 is 12.1 Å². The van der Waals surface area contributed by atoms with E-state index in [9.17, 15) is 14.4 Å². The summed E-state index contributed by atoms with van der Waals surface area (Å²) in [5.74, 6) is -0.957. The van der Waals surface area contributed by atoms with Crippen LogP contribution in [0.4, 0.5) is 4.79 Å². The lowest BCUT2D eigenvalue weighted by Gasteiger charge is -2.32. The molecule has 1 heterocycles. The molecule has 1 saturated heterocycles. The Morgan fingerprint density at radius 3 is 2.38 bits per heavy atom. The van der Waals surface area contributed by atoms with Crippen LogP contribution < -0.4 is 10.6 Å². The third-order valence-corrected chi connectivity index (χ3v) is 3.52. The molecule has 0 aliphatic carbocycles. The van der Waals surface area contributed by atoms with Crippen LogP contribution in [0.15, 0.2) is 0 Å². The molecule has 1 aliphatic heterocycles. The average Bonchev–Trinajstić information content (AvgIpc) is 2.45. The monoisotopic (exact) mass is 301 g/mol. The normalized spacial score (nSPS) is 17.1. The zero-order valence-electron chi connectivity index (χ0n) is 12.2. The molecule has 0 aromatic rings. The van der Waals surface area contributed by atoms with Crippen LogP contribution >= 0.6 is 0 Å². The third kappa shape index (κ3) is 6.44. The number of urea groups is 1. The number of aliphatic carboxylic acids is 1. The molecule has 1 rings (SSSR count). The van der Waals surface area contributed by atoms with Crippen molar-refractivity contribution >= 4 is 17.9 Å². The molecule has 1 unspecified atom stereocenters. The molecule has 0 aromatic heterocycles. The number of carbonyl (C=O) groups excluding carboxylic acids is 2. The molecule has 8 heteroatoms. The van der Waals surface area contributed by atoms with Gasteiger partial charge in [0.2, 0.25) is 5.91 Å². The molecule has 0 saturated carbocycles. The lowest BCUT2D eigenvalue weighted by molar-refractivity contribution is -0.146. The van der Waals surface area contributed by atoms with Gasteiger partial charge in [0, 0.05) is 39.5 Å². The highest BCUT2D eigenvalue weighted by Crippen LogP contribution is 2.16. The predicted molar refractivity (Wildman–Crippen MR) is 74.6 cm³/mol. The van der Waals surface area contributed by atoms with Gasteiger partial charge in [-0.1, -0.05) is 0 Å². The van der Waals surface area contributed by atoms with Gasteiger partial charge in [-0.25, -0.2) is 9.59 Å². The molecule has 0 aromatic carbocycles. The topological polar surface area (TPSA) is 119 Å². The number of carboxylic acids is 1. The second kappa shape index (κ2) is 8.46. The molecule has 8 nitrogen and oxygen atoms in total. The molecular weight excluding hydrogens is 278 g/mol. The second-order valence-corrected chi connectivity index (χ2v) is 5.24. The summed E-state index contributed by atoms with van der Waals surface area (Å²) in [7, 11) is 0. The quantitative estimate of drug-likeness (QED) is 0.521. The Bertz CT molecular complexity index is 380. The Morgan fingerprint density at radius 1 is 1.24 bits per heavy atom. The molecule has 21 heavy (non-hydrogen) atoms. The highest BCUT2D eigenvalue weighted by Gasteiger charge is 2.23. The van der Waals surface area contributed by atoms with Crippen LogP contribution in [0.5, 0.6) is 0 Å². The highest BCUT2D eigenvalue weighted by molar-refractivity contribution is 5.75. The standard InChI is InChI=1S/C13H23N3O5/c1-9(17)15-8-10-3-6-16(7-4-10)13(21)14-5-2-11(18)12(19)20/h10-11,18H,2-8H2,1H3,(H,14,21)(H,15,17)(H,19,20). The number of carboxylic acid groups (broad SMARTS) is 1. The summed E-state index contributed by atoms with van der Waals surface area (Å²) in [6.45, 7) is 3.46. The van der Waals surface area contributed by atoms with Crippen molar-refractivity contribution in [2.45, 2.75) is 32.3 Å². The lowest BCUT2D eigenvalue weighted by Crippen LogP contribution is -2.46. The molecule has 120 valence electrons. The van der Waals surface area contributed by atoms with Crippen molar-refractivity contribution in [1.82, 2.24) is 15.5 Å². The molecule has 1 atom stereocenters. The van der Waals surface area contributed by atoms with Gasteiger partial charge in [0.1, 0.15) is 0 Å². The number of carbonyl (C=O) groups is 3. The SMILES string of the molecule is CC(=O)NCC1CCN(C(=O)NCCC(O)C(=O)O)CC1. The Balaban J connectivity index is 2.19. The summed E-state index contributed by atoms with van der Waals surface area (Å²) >= 11 is 0. The fourth-order valence-electron chi connectivity index (χ4n) is 2.18. The van der Waals surface area contributed by atoms with E-state index in [0.29, 0.717) is 25.6 Å². The van der Waals surface area contributed by atoms with Crippen molar-refractivity contribution in [3.63, 3.8) is 0 Å². The van der Waals surface area contributed by atoms with Crippen LogP contribution in [-0.4, -0.2) is 65.3 Å². The minimum atomic E-state index is -1.45. The van der Waals surface area contributed by atoms with Crippen molar-refractivity contribution in [3.8, 4) is 0 Å². The number of rotatable bonds is 6. The fraction of sp³-hybridized carbons (Fsp3) is 0.769. The van der Waals surface area contributed by atoms with Crippen molar-refractivity contribution in [3.05, 3.63) is 0 Å². The van der Waals surface area contributed by atoms with Crippen molar-refractivity contribution in [1.29, 1.82) is 0 Å². The predicted octanol–water partition coefficient (Wildman–Crippen LogP) is -0.620. The highest BCUT2D eigenvalue weighted by atomic mass is 16.4. The first kappa shape index (κ1) is 17.2. The van der Waals surface area contributed by atoms with Crippen LogP contribution in [0, 0.1) is 5.92 Å². The minimum absolute atomic E-state index is 0.0138. The lowest BCUT2D eigenvalue weighted by atomic mass is 9.97. The molecular formula is C13H23N3O5. The number of nitrogens with one attached hydrogen (secondary N) is 2. The molecule has 4 N–H and O–H groups in total. The van der Waals surface area contributed by atoms with Crippen LogP contribution in [-0.2, 0) is 9.59 Å². The van der Waals surface area contributed by atoms with Gasteiger partial charge in [0.15, 0.2) is 6.10 Å². The van der Waals surface area contributed by atoms with Gasteiger partial charge >= 0.3 is 12.0 Å². The van der Waals surface area contributed by atoms with Crippen LogP contribution in [0.2, 0.25) is 0 Å². The molecule has 0 spiro atoms. The molecule has 3 amide bonds. The third-order valence-electron chi connectivity index (χ3n) is 3.52. The summed E-state index contributed by atoms with van der Waals surface area (Å²) in [6, 6.07) is -0.245. The van der Waals surface area contributed by atoms with Gasteiger partial charge in [-0.05, 0) is 18.8 Å². The first-order valence-electron chi connectivity index (χ1n) is 7.08. The van der Waals surface area contributed by atoms with Crippen molar-refractivity contribution in [2.75, 3.05) is 26.2 Å². The second-order valence-electron chi connectivity index (χ2n) is 5.24. The van der Waals surface area contributed by atoms with E-state index in [1.54, 1.807) is 4.90 Å². The van der Waals surface area contributed by atoms with E-state index in [1.807, 2.05) is 0 Å². The number of amides is 3. The van der Waals surface area contributed by atoms with Gasteiger partial charge < -0.3 is 25.7 Å². The molecule has 1 fully saturated rings. The molecule has 0 bridgehead atoms. The number of hydrogen-bond acceptors (Lipinski definition) is 4. The van der Waals surface area contributed by atoms with E-state index in [0.717, 1.165) is 12.8 Å². The van der Waals surface area contributed by atoms with Gasteiger partial charge in [-0.3, -0.25) is 4.79 Å². The van der Waals surface area contributed by atoms with Crippen molar-refractivity contribution in [2.24, 2.45) is 5.92 Å². The van der Waals surface area contributed by atoms with E-state index in [4.69, 9.17) is 10.2 Å². The van der Waals surface area contributed by atoms with Gasteiger partial charge in [0.25, 0.3) is 0 Å². The number of aliphatic hydroxyl groups excluding tert-OH is 1. The number of hydrogen-bond donors (Lipinski definition) is 4. The van der Waals surface area contributed by atoms with E-state index in [1.165, 1.54) is 6.92 Å². The zero-order valence-corrected chi connectivity index (χ0v) is 12.2. The Kier molecular flexibility index (Phi) is 6.93. The van der Waals surface area contributed by atoms with Crippen LogP contribution in [0.3, 0.4) is 0 Å². The first-order chi connectivity index (χ1) is 9.90. The number of likely N-dealkylation sites (tertiary alicyclic amines) is 1. The van der Waals surface area contributed by atoms with E-state index in [2.05, 4.69) is 10.6 Å². The smallest absolute Gasteiger partial charge is 0.332 e. The van der Waals surface area contributed by atoms with Gasteiger partial charge in [0.05, 0.1) is 0 Å². The zero-order chi connectivity index (χ0) is 15.8. The summed E-state index contributed by atoms with van der Waals surface area (Å²) in [5.41, 5.74) is 0. The summed E-state index contributed by atoms with van der Waals surface area (Å²) in [4.78, 5) is 34.8. The maximum absolute atomic E-state index is 11.8. The molecule has 1 aliphatic rings. The minimum Gasteiger partial charge on any atom is -0.479 e. The summed E-state index contributed by atoms with van der Waals surface area (Å²) in [6.07, 6.45) is 0.186. The average molecular weight is 301 g/mol. The Morgan fingerprint density at radius 2 is 1.86 bits per heavy atom. The maximum Gasteiger partial charge on any atom is 0.332 e. The first-order valence-corrected chi connectivity index (χ1v) is 7.08. The van der Waals surface area contributed by atoms with Gasteiger partial charge in [-0.2, -0.15) is 0 Å². The number of aliphatic hydroxyl groups is 1. The van der Waals surface area contributed by atoms with Crippen LogP contribution in [0.25, 0.3) is 0 Å². The summed E-state index contributed by atoms with van der Waals surface area (Å²) in [5, 5.41) is 23.0. The maximum atomic E-state index is 11.8. The summed E-state index contributed by atoms with van der Waals surface area (Å²) < 4.78 is 0. The Hall–Kier alpha value is -1.83. The largest absolute Gasteiger partial charge is 0.479 e. The Labute approximate surface area is 123 Å². The number of piperidine rings is 1. The van der Waals surface area contributed by atoms with Crippen LogP contribution in [0.1, 0.15) is 26.2 Å². The fourth-order valence-corrected chi connectivity index (χ4v) is 2.18. The van der Waals surface area contributed by atoms with Crippen molar-refractivity contribution < 1.29 is 24.6 Å².